The largest absolute Gasteiger partial charge is 0.379 e. The third-order valence-corrected chi connectivity index (χ3v) is 3.74. The summed E-state index contributed by atoms with van der Waals surface area (Å²) in [5, 5.41) is 17.1. The Morgan fingerprint density at radius 2 is 2.12 bits per heavy atom. The Morgan fingerprint density at radius 1 is 1.46 bits per heavy atom. The maximum atomic E-state index is 12.8. The molecule has 2 rings (SSSR count). The number of hydrogen-bond donors (Lipinski definition) is 1. The van der Waals surface area contributed by atoms with E-state index in [4.69, 9.17) is 4.74 Å². The molecule has 9 nitrogen and oxygen atoms in total. The normalized spacial score (nSPS) is 15.7. The quantitative estimate of drug-likeness (QED) is 0.569. The fourth-order valence-corrected chi connectivity index (χ4v) is 2.46. The van der Waals surface area contributed by atoms with Crippen molar-refractivity contribution in [2.45, 2.75) is 19.9 Å². The molecule has 0 bridgehead atoms. The van der Waals surface area contributed by atoms with E-state index in [0.29, 0.717) is 26.3 Å². The van der Waals surface area contributed by atoms with Crippen LogP contribution in [0.3, 0.4) is 0 Å². The number of morpholine rings is 1. The van der Waals surface area contributed by atoms with Gasteiger partial charge in [-0.1, -0.05) is 0 Å². The van der Waals surface area contributed by atoms with Crippen LogP contribution in [0.4, 0.5) is 14.5 Å². The van der Waals surface area contributed by atoms with Crippen molar-refractivity contribution in [3.8, 4) is 0 Å². The summed E-state index contributed by atoms with van der Waals surface area (Å²) >= 11 is 0. The van der Waals surface area contributed by atoms with E-state index >= 15 is 0 Å². The molecule has 134 valence electrons. The van der Waals surface area contributed by atoms with Gasteiger partial charge in [-0.15, -0.1) is 0 Å². The molecule has 0 aromatic carbocycles. The molecule has 2 heterocycles. The van der Waals surface area contributed by atoms with Gasteiger partial charge in [0.15, 0.2) is 0 Å². The highest BCUT2D eigenvalue weighted by molar-refractivity contribution is 5.75. The van der Waals surface area contributed by atoms with Crippen molar-refractivity contribution in [2.75, 3.05) is 39.4 Å². The van der Waals surface area contributed by atoms with Crippen LogP contribution in [0.2, 0.25) is 0 Å². The maximum absolute atomic E-state index is 12.8. The van der Waals surface area contributed by atoms with Crippen LogP contribution in [-0.2, 0) is 16.1 Å². The molecule has 1 aliphatic heterocycles. The molecule has 1 aromatic heterocycles. The highest BCUT2D eigenvalue weighted by Crippen LogP contribution is 2.30. The van der Waals surface area contributed by atoms with Crippen LogP contribution < -0.4 is 5.32 Å². The maximum Gasteiger partial charge on any atom is 0.319 e. The van der Waals surface area contributed by atoms with Crippen molar-refractivity contribution >= 4 is 11.6 Å². The van der Waals surface area contributed by atoms with Gasteiger partial charge in [-0.3, -0.25) is 24.5 Å². The molecule has 0 aliphatic carbocycles. The van der Waals surface area contributed by atoms with E-state index in [1.54, 1.807) is 0 Å². The molecular formula is C13H19F2N5O4. The molecule has 0 spiro atoms. The van der Waals surface area contributed by atoms with Gasteiger partial charge in [0.05, 0.1) is 18.1 Å². The molecule has 1 saturated heterocycles. The molecule has 1 N–H and O–H groups in total. The smallest absolute Gasteiger partial charge is 0.319 e. The predicted octanol–water partition coefficient (Wildman–Crippen LogP) is 0.486. The second-order valence-electron chi connectivity index (χ2n) is 5.34. The molecule has 0 atom stereocenters. The van der Waals surface area contributed by atoms with E-state index in [1.807, 2.05) is 0 Å². The van der Waals surface area contributed by atoms with Gasteiger partial charge in [-0.2, -0.15) is 5.10 Å². The first-order valence-corrected chi connectivity index (χ1v) is 7.46. The molecule has 0 unspecified atom stereocenters. The van der Waals surface area contributed by atoms with Gasteiger partial charge in [0, 0.05) is 26.2 Å². The monoisotopic (exact) mass is 347 g/mol. The topological polar surface area (TPSA) is 103 Å². The summed E-state index contributed by atoms with van der Waals surface area (Å²) in [6.07, 6.45) is -3.07. The minimum Gasteiger partial charge on any atom is -0.379 e. The predicted molar refractivity (Wildman–Crippen MR) is 78.8 cm³/mol. The second kappa shape index (κ2) is 8.11. The summed E-state index contributed by atoms with van der Waals surface area (Å²) in [5.41, 5.74) is -1.73. The van der Waals surface area contributed by atoms with Crippen molar-refractivity contribution in [1.82, 2.24) is 20.0 Å². The van der Waals surface area contributed by atoms with Crippen LogP contribution >= 0.6 is 0 Å². The van der Waals surface area contributed by atoms with Crippen molar-refractivity contribution in [2.24, 2.45) is 0 Å². The molecular weight excluding hydrogens is 328 g/mol. The Labute approximate surface area is 136 Å². The van der Waals surface area contributed by atoms with Crippen LogP contribution in [0, 0.1) is 17.0 Å². The molecule has 0 radical (unpaired) electrons. The fourth-order valence-electron chi connectivity index (χ4n) is 2.46. The van der Waals surface area contributed by atoms with Crippen molar-refractivity contribution in [3.63, 3.8) is 0 Å². The highest BCUT2D eigenvalue weighted by atomic mass is 19.3. The zero-order valence-corrected chi connectivity index (χ0v) is 13.2. The van der Waals surface area contributed by atoms with E-state index in [1.165, 1.54) is 6.92 Å². The summed E-state index contributed by atoms with van der Waals surface area (Å²) in [4.78, 5) is 24.0. The van der Waals surface area contributed by atoms with Crippen LogP contribution in [0.25, 0.3) is 0 Å². The number of hydrogen-bond acceptors (Lipinski definition) is 6. The first-order chi connectivity index (χ1) is 11.4. The van der Waals surface area contributed by atoms with E-state index in [-0.39, 0.29) is 12.2 Å². The number of amides is 1. The van der Waals surface area contributed by atoms with Crippen LogP contribution in [0.5, 0.6) is 0 Å². The van der Waals surface area contributed by atoms with Crippen molar-refractivity contribution in [3.05, 3.63) is 21.5 Å². The van der Waals surface area contributed by atoms with Crippen LogP contribution in [0.1, 0.15) is 17.8 Å². The number of halogens is 2. The Morgan fingerprint density at radius 3 is 2.67 bits per heavy atom. The number of carbonyl (C=O) groups is 1. The molecule has 1 aliphatic rings. The third kappa shape index (κ3) is 4.45. The molecule has 0 saturated carbocycles. The zero-order valence-electron chi connectivity index (χ0n) is 13.2. The van der Waals surface area contributed by atoms with Gasteiger partial charge in [0.2, 0.25) is 11.6 Å². The first-order valence-electron chi connectivity index (χ1n) is 7.46. The summed E-state index contributed by atoms with van der Waals surface area (Å²) in [6.45, 7) is 4.87. The summed E-state index contributed by atoms with van der Waals surface area (Å²) < 4.78 is 31.8. The Hall–Kier alpha value is -2.14. The lowest BCUT2D eigenvalue weighted by molar-refractivity contribution is -0.386. The first kappa shape index (κ1) is 18.2. The number of ether oxygens (including phenoxy) is 1. The van der Waals surface area contributed by atoms with E-state index in [2.05, 4.69) is 15.3 Å². The average Bonchev–Trinajstić information content (AvgIpc) is 2.85. The van der Waals surface area contributed by atoms with Crippen LogP contribution in [0.15, 0.2) is 0 Å². The van der Waals surface area contributed by atoms with Gasteiger partial charge >= 0.3 is 5.69 Å². The Bertz CT molecular complexity index is 601. The number of nitrogens with zero attached hydrogens (tertiary/aromatic N) is 4. The van der Waals surface area contributed by atoms with Gasteiger partial charge in [0.1, 0.15) is 12.2 Å². The van der Waals surface area contributed by atoms with Gasteiger partial charge in [-0.05, 0) is 6.92 Å². The zero-order chi connectivity index (χ0) is 17.7. The third-order valence-electron chi connectivity index (χ3n) is 3.74. The molecule has 24 heavy (non-hydrogen) atoms. The fraction of sp³-hybridized carbons (Fsp3) is 0.692. The van der Waals surface area contributed by atoms with Crippen molar-refractivity contribution < 1.29 is 23.2 Å². The number of rotatable bonds is 7. The Balaban J connectivity index is 1.91. The lowest BCUT2D eigenvalue weighted by Gasteiger charge is -2.26. The summed E-state index contributed by atoms with van der Waals surface area (Å²) in [6, 6.07) is 0. The van der Waals surface area contributed by atoms with Gasteiger partial charge in [-0.25, -0.2) is 8.78 Å². The van der Waals surface area contributed by atoms with Gasteiger partial charge in [0.25, 0.3) is 6.43 Å². The van der Waals surface area contributed by atoms with E-state index < -0.39 is 28.6 Å². The van der Waals surface area contributed by atoms with Gasteiger partial charge < -0.3 is 10.1 Å². The molecule has 1 amide bonds. The lowest BCUT2D eigenvalue weighted by atomic mass is 10.3. The van der Waals surface area contributed by atoms with E-state index in [9.17, 15) is 23.7 Å². The Kier molecular flexibility index (Phi) is 6.15. The standard InChI is InChI=1S/C13H19F2N5O4/c1-9-12(20(22)23)11(13(14)15)17-19(9)8-10(21)16-2-3-18-4-6-24-7-5-18/h13H,2-8H2,1H3,(H,16,21). The van der Waals surface area contributed by atoms with Crippen molar-refractivity contribution in [1.29, 1.82) is 0 Å². The highest BCUT2D eigenvalue weighted by Gasteiger charge is 2.31. The van der Waals surface area contributed by atoms with E-state index in [0.717, 1.165) is 17.8 Å². The molecule has 11 heteroatoms. The SMILES string of the molecule is Cc1c([N+](=O)[O-])c(C(F)F)nn1CC(=O)NCCN1CCOCC1. The molecule has 1 fully saturated rings. The molecule has 1 aromatic rings. The summed E-state index contributed by atoms with van der Waals surface area (Å²) in [7, 11) is 0. The number of carbonyl (C=O) groups excluding carboxylic acids is 1. The minimum absolute atomic E-state index is 0.0707. The minimum atomic E-state index is -3.07. The second-order valence-corrected chi connectivity index (χ2v) is 5.34. The number of alkyl halides is 2. The lowest BCUT2D eigenvalue weighted by Crippen LogP contribution is -2.41. The van der Waals surface area contributed by atoms with Crippen LogP contribution in [-0.4, -0.2) is 64.9 Å². The summed E-state index contributed by atoms with van der Waals surface area (Å²) in [5.74, 6) is -0.440. The number of aromatic nitrogens is 2. The average molecular weight is 347 g/mol. The number of nitro groups is 1. The number of nitrogens with one attached hydrogen (secondary N) is 1.